The predicted molar refractivity (Wildman–Crippen MR) is 95.2 cm³/mol. The van der Waals surface area contributed by atoms with E-state index in [1.54, 1.807) is 12.1 Å². The first-order valence-corrected chi connectivity index (χ1v) is 8.42. The predicted octanol–water partition coefficient (Wildman–Crippen LogP) is 3.71. The van der Waals surface area contributed by atoms with Crippen LogP contribution in [0.4, 0.5) is 5.82 Å². The van der Waals surface area contributed by atoms with Crippen LogP contribution >= 0.6 is 11.6 Å². The minimum Gasteiger partial charge on any atom is -0.385 e. The van der Waals surface area contributed by atoms with Gasteiger partial charge in [-0.05, 0) is 56.0 Å². The van der Waals surface area contributed by atoms with Gasteiger partial charge in [-0.25, -0.2) is 4.98 Å². The highest BCUT2D eigenvalue weighted by Gasteiger charge is 2.35. The molecular weight excluding hydrogens is 322 g/mol. The van der Waals surface area contributed by atoms with Crippen molar-refractivity contribution < 1.29 is 5.11 Å². The molecule has 0 aliphatic carbocycles. The summed E-state index contributed by atoms with van der Waals surface area (Å²) in [4.78, 5) is 6.67. The summed E-state index contributed by atoms with van der Waals surface area (Å²) in [5.41, 5.74) is 2.50. The molecule has 1 aromatic heterocycles. The molecule has 1 fully saturated rings. The molecule has 3 rings (SSSR count). The SMILES string of the molecule is Cc1cc(C)c(C#N)c(N2CCC(O)(c3ccc(Cl)cc3)CC2)n1. The number of aliphatic hydroxyl groups is 1. The molecule has 2 aromatic rings. The molecule has 2 heterocycles. The zero-order valence-electron chi connectivity index (χ0n) is 13.9. The zero-order chi connectivity index (χ0) is 17.3. The Kier molecular flexibility index (Phi) is 4.49. The molecule has 1 aromatic carbocycles. The average Bonchev–Trinajstić information content (AvgIpc) is 2.55. The number of anilines is 1. The fraction of sp³-hybridized carbons (Fsp3) is 0.368. The van der Waals surface area contributed by atoms with E-state index in [0.717, 1.165) is 22.6 Å². The molecular formula is C19H20ClN3O. The van der Waals surface area contributed by atoms with E-state index in [4.69, 9.17) is 11.6 Å². The van der Waals surface area contributed by atoms with Crippen LogP contribution in [0.3, 0.4) is 0 Å². The average molecular weight is 342 g/mol. The van der Waals surface area contributed by atoms with Gasteiger partial charge in [-0.3, -0.25) is 0 Å². The van der Waals surface area contributed by atoms with Gasteiger partial charge >= 0.3 is 0 Å². The largest absolute Gasteiger partial charge is 0.385 e. The lowest BCUT2D eigenvalue weighted by atomic mass is 9.84. The fourth-order valence-electron chi connectivity index (χ4n) is 3.32. The number of nitriles is 1. The van der Waals surface area contributed by atoms with Gasteiger partial charge in [0.05, 0.1) is 11.2 Å². The van der Waals surface area contributed by atoms with E-state index in [-0.39, 0.29) is 0 Å². The van der Waals surface area contributed by atoms with Crippen molar-refractivity contribution in [3.8, 4) is 6.07 Å². The van der Waals surface area contributed by atoms with Gasteiger partial charge in [0.15, 0.2) is 0 Å². The summed E-state index contributed by atoms with van der Waals surface area (Å²) in [6.45, 7) is 5.18. The zero-order valence-corrected chi connectivity index (χ0v) is 14.6. The highest BCUT2D eigenvalue weighted by Crippen LogP contribution is 2.35. The topological polar surface area (TPSA) is 60.2 Å². The standard InChI is InChI=1S/C19H20ClN3O/c1-13-11-14(2)22-18(17(13)12-21)23-9-7-19(24,8-10-23)15-3-5-16(20)6-4-15/h3-6,11,24H,7-10H2,1-2H3. The lowest BCUT2D eigenvalue weighted by Gasteiger charge is -2.39. The second-order valence-electron chi connectivity index (χ2n) is 6.42. The maximum absolute atomic E-state index is 11.0. The fourth-order valence-corrected chi connectivity index (χ4v) is 3.45. The van der Waals surface area contributed by atoms with E-state index in [0.29, 0.717) is 36.5 Å². The van der Waals surface area contributed by atoms with E-state index >= 15 is 0 Å². The molecule has 0 spiro atoms. The summed E-state index contributed by atoms with van der Waals surface area (Å²) in [7, 11) is 0. The highest BCUT2D eigenvalue weighted by atomic mass is 35.5. The Morgan fingerprint density at radius 2 is 1.83 bits per heavy atom. The maximum Gasteiger partial charge on any atom is 0.147 e. The molecule has 0 unspecified atom stereocenters. The van der Waals surface area contributed by atoms with Crippen LogP contribution in [0.5, 0.6) is 0 Å². The number of benzene rings is 1. The van der Waals surface area contributed by atoms with Crippen LogP contribution in [0.15, 0.2) is 30.3 Å². The van der Waals surface area contributed by atoms with Gasteiger partial charge in [-0.2, -0.15) is 5.26 Å². The van der Waals surface area contributed by atoms with E-state index in [1.165, 1.54) is 0 Å². The smallest absolute Gasteiger partial charge is 0.147 e. The number of hydrogen-bond donors (Lipinski definition) is 1. The van der Waals surface area contributed by atoms with Crippen molar-refractivity contribution in [2.24, 2.45) is 0 Å². The molecule has 24 heavy (non-hydrogen) atoms. The quantitative estimate of drug-likeness (QED) is 0.904. The Balaban J connectivity index is 1.83. The minimum atomic E-state index is -0.854. The van der Waals surface area contributed by atoms with Crippen molar-refractivity contribution in [3.63, 3.8) is 0 Å². The Hall–Kier alpha value is -2.09. The second kappa shape index (κ2) is 6.43. The second-order valence-corrected chi connectivity index (χ2v) is 6.85. The number of hydrogen-bond acceptors (Lipinski definition) is 4. The molecule has 5 heteroatoms. The van der Waals surface area contributed by atoms with Crippen LogP contribution in [0, 0.1) is 25.2 Å². The Labute approximate surface area is 147 Å². The van der Waals surface area contributed by atoms with Crippen LogP contribution in [0.25, 0.3) is 0 Å². The number of aromatic nitrogens is 1. The third-order valence-electron chi connectivity index (χ3n) is 4.71. The van der Waals surface area contributed by atoms with Crippen molar-refractivity contribution in [3.05, 3.63) is 57.7 Å². The van der Waals surface area contributed by atoms with E-state index < -0.39 is 5.60 Å². The third-order valence-corrected chi connectivity index (χ3v) is 4.96. The Bertz CT molecular complexity index is 787. The van der Waals surface area contributed by atoms with Crippen LogP contribution < -0.4 is 4.90 Å². The molecule has 1 aliphatic rings. The molecule has 1 N–H and O–H groups in total. The summed E-state index contributed by atoms with van der Waals surface area (Å²) in [6.07, 6.45) is 1.18. The van der Waals surface area contributed by atoms with Crippen LogP contribution in [-0.4, -0.2) is 23.2 Å². The lowest BCUT2D eigenvalue weighted by molar-refractivity contribution is 0.0116. The monoisotopic (exact) mass is 341 g/mol. The van der Waals surface area contributed by atoms with Gasteiger partial charge in [-0.15, -0.1) is 0 Å². The summed E-state index contributed by atoms with van der Waals surface area (Å²) < 4.78 is 0. The first-order chi connectivity index (χ1) is 11.4. The number of piperidine rings is 1. The van der Waals surface area contributed by atoms with E-state index in [9.17, 15) is 10.4 Å². The molecule has 1 saturated heterocycles. The molecule has 0 atom stereocenters. The summed E-state index contributed by atoms with van der Waals surface area (Å²) in [5.74, 6) is 0.730. The van der Waals surface area contributed by atoms with E-state index in [1.807, 2.05) is 32.0 Å². The van der Waals surface area contributed by atoms with Crippen molar-refractivity contribution in [1.82, 2.24) is 4.98 Å². The number of aryl methyl sites for hydroxylation is 2. The molecule has 0 radical (unpaired) electrons. The van der Waals surface area contributed by atoms with Gasteiger partial charge in [0, 0.05) is 23.8 Å². The van der Waals surface area contributed by atoms with Gasteiger partial charge in [0.2, 0.25) is 0 Å². The first-order valence-electron chi connectivity index (χ1n) is 8.05. The van der Waals surface area contributed by atoms with Crippen molar-refractivity contribution >= 4 is 17.4 Å². The number of nitrogens with zero attached hydrogens (tertiary/aromatic N) is 3. The van der Waals surface area contributed by atoms with E-state index in [2.05, 4.69) is 16.0 Å². The normalized spacial score (nSPS) is 16.7. The van der Waals surface area contributed by atoms with Gasteiger partial charge in [-0.1, -0.05) is 23.7 Å². The van der Waals surface area contributed by atoms with Crippen molar-refractivity contribution in [2.45, 2.75) is 32.3 Å². The Morgan fingerprint density at radius 1 is 1.21 bits per heavy atom. The van der Waals surface area contributed by atoms with Gasteiger partial charge in [0.25, 0.3) is 0 Å². The van der Waals surface area contributed by atoms with Crippen LogP contribution in [0.2, 0.25) is 5.02 Å². The van der Waals surface area contributed by atoms with Crippen LogP contribution in [-0.2, 0) is 5.60 Å². The van der Waals surface area contributed by atoms with Gasteiger partial charge < -0.3 is 10.0 Å². The summed E-state index contributed by atoms with van der Waals surface area (Å²) in [6, 6.07) is 11.6. The van der Waals surface area contributed by atoms with Crippen molar-refractivity contribution in [2.75, 3.05) is 18.0 Å². The minimum absolute atomic E-state index is 0.591. The Morgan fingerprint density at radius 3 is 2.42 bits per heavy atom. The molecule has 0 bridgehead atoms. The number of halogens is 1. The first kappa shape index (κ1) is 16.8. The molecule has 0 amide bonds. The highest BCUT2D eigenvalue weighted by molar-refractivity contribution is 6.30. The molecule has 1 aliphatic heterocycles. The van der Waals surface area contributed by atoms with Gasteiger partial charge in [0.1, 0.15) is 11.9 Å². The molecule has 0 saturated carbocycles. The lowest BCUT2D eigenvalue weighted by Crippen LogP contribution is -2.43. The molecule has 124 valence electrons. The third kappa shape index (κ3) is 3.10. The van der Waals surface area contributed by atoms with Crippen molar-refractivity contribution in [1.29, 1.82) is 5.26 Å². The number of rotatable bonds is 2. The summed E-state index contributed by atoms with van der Waals surface area (Å²) >= 11 is 5.93. The number of pyridine rings is 1. The summed E-state index contributed by atoms with van der Waals surface area (Å²) in [5, 5.41) is 21.1. The maximum atomic E-state index is 11.0. The van der Waals surface area contributed by atoms with Crippen LogP contribution in [0.1, 0.15) is 35.2 Å². The molecule has 4 nitrogen and oxygen atoms in total.